The van der Waals surface area contributed by atoms with Crippen molar-refractivity contribution < 1.29 is 9.59 Å². The molecule has 1 atom stereocenters. The van der Waals surface area contributed by atoms with E-state index in [9.17, 15) is 14.4 Å². The van der Waals surface area contributed by atoms with Crippen LogP contribution in [0, 0.1) is 6.92 Å². The van der Waals surface area contributed by atoms with Crippen molar-refractivity contribution in [3.63, 3.8) is 0 Å². The lowest BCUT2D eigenvalue weighted by Crippen LogP contribution is -2.41. The summed E-state index contributed by atoms with van der Waals surface area (Å²) < 4.78 is 1.53. The number of hydrogen-bond acceptors (Lipinski definition) is 3. The van der Waals surface area contributed by atoms with Crippen molar-refractivity contribution in [3.8, 4) is 0 Å². The molecule has 0 aliphatic rings. The minimum Gasteiger partial charge on any atom is -0.357 e. The summed E-state index contributed by atoms with van der Waals surface area (Å²) in [4.78, 5) is 38.4. The Morgan fingerprint density at radius 3 is 2.23 bits per heavy atom. The van der Waals surface area contributed by atoms with Crippen LogP contribution in [0.5, 0.6) is 0 Å². The van der Waals surface area contributed by atoms with Gasteiger partial charge in [0.1, 0.15) is 11.6 Å². The first-order valence-electron chi connectivity index (χ1n) is 9.82. The van der Waals surface area contributed by atoms with Crippen molar-refractivity contribution in [3.05, 3.63) is 106 Å². The molecule has 6 heteroatoms. The van der Waals surface area contributed by atoms with Gasteiger partial charge in [-0.2, -0.15) is 0 Å². The smallest absolute Gasteiger partial charge is 0.263 e. The summed E-state index contributed by atoms with van der Waals surface area (Å²) in [5.41, 5.74) is 2.00. The molecule has 1 unspecified atom stereocenters. The third-order valence-electron chi connectivity index (χ3n) is 5.00. The average Bonchev–Trinajstić information content (AvgIpc) is 2.77. The lowest BCUT2D eigenvalue weighted by atomic mass is 10.0. The zero-order valence-electron chi connectivity index (χ0n) is 17.1. The fourth-order valence-electron chi connectivity index (χ4n) is 3.30. The Balaban J connectivity index is 1.85. The Morgan fingerprint density at radius 2 is 1.60 bits per heavy atom. The second kappa shape index (κ2) is 9.69. The first kappa shape index (κ1) is 21.0. The van der Waals surface area contributed by atoms with Gasteiger partial charge in [-0.1, -0.05) is 60.7 Å². The number of pyridine rings is 1. The molecule has 3 aromatic rings. The number of benzene rings is 2. The highest BCUT2D eigenvalue weighted by atomic mass is 16.2. The van der Waals surface area contributed by atoms with Crippen LogP contribution >= 0.6 is 0 Å². The van der Waals surface area contributed by atoms with Crippen LogP contribution in [-0.2, 0) is 17.8 Å². The van der Waals surface area contributed by atoms with E-state index in [0.29, 0.717) is 24.1 Å². The number of amides is 2. The van der Waals surface area contributed by atoms with Crippen LogP contribution in [0.15, 0.2) is 77.7 Å². The highest BCUT2D eigenvalue weighted by Crippen LogP contribution is 2.14. The number of rotatable bonds is 7. The number of aromatic nitrogens is 1. The third-order valence-corrected chi connectivity index (χ3v) is 5.00. The second-order valence-corrected chi connectivity index (χ2v) is 7.04. The molecule has 30 heavy (non-hydrogen) atoms. The summed E-state index contributed by atoms with van der Waals surface area (Å²) in [6, 6.07) is 19.7. The van der Waals surface area contributed by atoms with Gasteiger partial charge in [0.25, 0.3) is 11.5 Å². The summed E-state index contributed by atoms with van der Waals surface area (Å²) in [5.74, 6) is -0.920. The molecule has 2 aromatic carbocycles. The molecule has 1 heterocycles. The third kappa shape index (κ3) is 4.84. The van der Waals surface area contributed by atoms with Gasteiger partial charge in [-0.25, -0.2) is 0 Å². The minimum absolute atomic E-state index is 0.0513. The molecule has 0 fully saturated rings. The van der Waals surface area contributed by atoms with Gasteiger partial charge in [-0.05, 0) is 36.1 Å². The Morgan fingerprint density at radius 1 is 0.967 bits per heavy atom. The molecule has 0 spiro atoms. The van der Waals surface area contributed by atoms with E-state index in [-0.39, 0.29) is 17.0 Å². The van der Waals surface area contributed by atoms with Crippen molar-refractivity contribution in [2.45, 2.75) is 25.9 Å². The molecule has 0 aliphatic carbocycles. The summed E-state index contributed by atoms with van der Waals surface area (Å²) in [5, 5.41) is 5.28. The molecule has 3 rings (SSSR count). The molecule has 0 saturated heterocycles. The highest BCUT2D eigenvalue weighted by Gasteiger charge is 2.25. The molecular formula is C24H25N3O3. The largest absolute Gasteiger partial charge is 0.357 e. The SMILES string of the molecule is CNC(=O)C(NC(=O)c1c(C)ccn(CCc2ccccc2)c1=O)c1ccccc1. The van der Waals surface area contributed by atoms with E-state index in [1.54, 1.807) is 43.5 Å². The molecule has 0 radical (unpaired) electrons. The van der Waals surface area contributed by atoms with Crippen LogP contribution in [0.3, 0.4) is 0 Å². The average molecular weight is 403 g/mol. The van der Waals surface area contributed by atoms with E-state index >= 15 is 0 Å². The fraction of sp³-hybridized carbons (Fsp3) is 0.208. The Kier molecular flexibility index (Phi) is 6.80. The molecular weight excluding hydrogens is 378 g/mol. The molecule has 0 bridgehead atoms. The normalized spacial score (nSPS) is 11.5. The van der Waals surface area contributed by atoms with Gasteiger partial charge in [0, 0.05) is 19.8 Å². The van der Waals surface area contributed by atoms with Crippen molar-refractivity contribution in [2.24, 2.45) is 0 Å². The van der Waals surface area contributed by atoms with E-state index in [1.807, 2.05) is 36.4 Å². The number of carbonyl (C=O) groups excluding carboxylic acids is 2. The number of nitrogens with zero attached hydrogens (tertiary/aromatic N) is 1. The fourth-order valence-corrected chi connectivity index (χ4v) is 3.30. The number of likely N-dealkylation sites (N-methyl/N-ethyl adjacent to an activating group) is 1. The monoisotopic (exact) mass is 403 g/mol. The highest BCUT2D eigenvalue weighted by molar-refractivity contribution is 5.98. The quantitative estimate of drug-likeness (QED) is 0.636. The van der Waals surface area contributed by atoms with Gasteiger partial charge in [0.15, 0.2) is 0 Å². The minimum atomic E-state index is -0.888. The molecule has 0 aliphatic heterocycles. The van der Waals surface area contributed by atoms with Crippen molar-refractivity contribution >= 4 is 11.8 Å². The first-order valence-corrected chi connectivity index (χ1v) is 9.82. The van der Waals surface area contributed by atoms with E-state index < -0.39 is 11.9 Å². The van der Waals surface area contributed by atoms with E-state index in [0.717, 1.165) is 5.56 Å². The van der Waals surface area contributed by atoms with Gasteiger partial charge >= 0.3 is 0 Å². The van der Waals surface area contributed by atoms with Crippen LogP contribution in [-0.4, -0.2) is 23.4 Å². The molecule has 2 N–H and O–H groups in total. The standard InChI is InChI=1S/C24H25N3O3/c1-17-13-15-27(16-14-18-9-5-3-6-10-18)24(30)20(17)22(28)26-21(23(29)25-2)19-11-7-4-8-12-19/h3-13,15,21H,14,16H2,1-2H3,(H,25,29)(H,26,28). The molecule has 1 aromatic heterocycles. The first-order chi connectivity index (χ1) is 14.5. The van der Waals surface area contributed by atoms with Gasteiger partial charge in [0.05, 0.1) is 0 Å². The zero-order chi connectivity index (χ0) is 21.5. The predicted molar refractivity (Wildman–Crippen MR) is 116 cm³/mol. The summed E-state index contributed by atoms with van der Waals surface area (Å²) in [7, 11) is 1.51. The molecule has 154 valence electrons. The maximum atomic E-state index is 13.0. The van der Waals surface area contributed by atoms with Crippen LogP contribution in [0.1, 0.15) is 33.1 Å². The molecule has 6 nitrogen and oxygen atoms in total. The second-order valence-electron chi connectivity index (χ2n) is 7.04. The van der Waals surface area contributed by atoms with Crippen molar-refractivity contribution in [1.29, 1.82) is 0 Å². The van der Waals surface area contributed by atoms with Crippen LogP contribution in [0.2, 0.25) is 0 Å². The number of aryl methyl sites for hydroxylation is 3. The zero-order valence-corrected chi connectivity index (χ0v) is 17.1. The maximum absolute atomic E-state index is 13.0. The predicted octanol–water partition coefficient (Wildman–Crippen LogP) is 2.62. The topological polar surface area (TPSA) is 80.2 Å². The number of hydrogen-bond donors (Lipinski definition) is 2. The van der Waals surface area contributed by atoms with Crippen molar-refractivity contribution in [1.82, 2.24) is 15.2 Å². The van der Waals surface area contributed by atoms with Gasteiger partial charge in [-0.15, -0.1) is 0 Å². The lowest BCUT2D eigenvalue weighted by Gasteiger charge is -2.18. The Bertz CT molecular complexity index is 1080. The molecule has 2 amide bonds. The van der Waals surface area contributed by atoms with Crippen LogP contribution in [0.25, 0.3) is 0 Å². The molecule has 0 saturated carbocycles. The van der Waals surface area contributed by atoms with E-state index in [4.69, 9.17) is 0 Å². The number of carbonyl (C=O) groups is 2. The summed E-state index contributed by atoms with van der Waals surface area (Å²) in [6.07, 6.45) is 2.38. The lowest BCUT2D eigenvalue weighted by molar-refractivity contribution is -0.122. The number of nitrogens with one attached hydrogen (secondary N) is 2. The van der Waals surface area contributed by atoms with Crippen LogP contribution < -0.4 is 16.2 Å². The van der Waals surface area contributed by atoms with Gasteiger partial charge in [-0.3, -0.25) is 14.4 Å². The summed E-state index contributed by atoms with van der Waals surface area (Å²) >= 11 is 0. The van der Waals surface area contributed by atoms with E-state index in [1.165, 1.54) is 11.6 Å². The van der Waals surface area contributed by atoms with E-state index in [2.05, 4.69) is 10.6 Å². The Labute approximate surface area is 175 Å². The van der Waals surface area contributed by atoms with Gasteiger partial charge < -0.3 is 15.2 Å². The van der Waals surface area contributed by atoms with Crippen molar-refractivity contribution in [2.75, 3.05) is 7.05 Å². The summed E-state index contributed by atoms with van der Waals surface area (Å²) in [6.45, 7) is 2.18. The van der Waals surface area contributed by atoms with Gasteiger partial charge in [0.2, 0.25) is 5.91 Å². The Hall–Kier alpha value is -3.67. The van der Waals surface area contributed by atoms with Crippen LogP contribution in [0.4, 0.5) is 0 Å². The maximum Gasteiger partial charge on any atom is 0.263 e.